The van der Waals surface area contributed by atoms with Gasteiger partial charge in [0.2, 0.25) is 0 Å². The number of rotatable bonds is 2. The van der Waals surface area contributed by atoms with Crippen molar-refractivity contribution in [3.63, 3.8) is 0 Å². The lowest BCUT2D eigenvalue weighted by molar-refractivity contribution is 0.102. The van der Waals surface area contributed by atoms with Crippen LogP contribution in [-0.4, -0.2) is 5.91 Å². The second-order valence-electron chi connectivity index (χ2n) is 3.55. The van der Waals surface area contributed by atoms with E-state index in [2.05, 4.69) is 5.32 Å². The zero-order valence-electron chi connectivity index (χ0n) is 8.98. The number of carbonyl (C=O) groups excluding carboxylic acids is 1. The van der Waals surface area contributed by atoms with Gasteiger partial charge in [-0.15, -0.1) is 0 Å². The zero-order chi connectivity index (χ0) is 12.3. The Labute approximate surface area is 104 Å². The highest BCUT2D eigenvalue weighted by molar-refractivity contribution is 6.31. The molecular weight excluding hydrogens is 236 g/mol. The van der Waals surface area contributed by atoms with Crippen molar-refractivity contribution in [1.82, 2.24) is 0 Å². The van der Waals surface area contributed by atoms with E-state index >= 15 is 0 Å². The quantitative estimate of drug-likeness (QED) is 0.800. The molecular formula is C13H11ClN2O. The van der Waals surface area contributed by atoms with Gasteiger partial charge in [-0.2, -0.15) is 0 Å². The monoisotopic (exact) mass is 246 g/mol. The predicted molar refractivity (Wildman–Crippen MR) is 70.3 cm³/mol. The Kier molecular flexibility index (Phi) is 3.30. The first-order valence-corrected chi connectivity index (χ1v) is 5.46. The van der Waals surface area contributed by atoms with Crippen LogP contribution in [0.1, 0.15) is 10.4 Å². The second-order valence-corrected chi connectivity index (χ2v) is 3.99. The third-order valence-corrected chi connectivity index (χ3v) is 2.53. The van der Waals surface area contributed by atoms with E-state index in [-0.39, 0.29) is 5.91 Å². The first kappa shape index (κ1) is 11.5. The molecule has 0 aromatic heterocycles. The number of nitrogens with one attached hydrogen (secondary N) is 1. The van der Waals surface area contributed by atoms with Crippen molar-refractivity contribution >= 4 is 28.9 Å². The summed E-state index contributed by atoms with van der Waals surface area (Å²) in [7, 11) is 0. The van der Waals surface area contributed by atoms with Gasteiger partial charge in [-0.1, -0.05) is 29.8 Å². The fraction of sp³-hybridized carbons (Fsp3) is 0. The Morgan fingerprint density at radius 1 is 1.12 bits per heavy atom. The number of para-hydroxylation sites is 2. The summed E-state index contributed by atoms with van der Waals surface area (Å²) in [5, 5.41) is 3.26. The van der Waals surface area contributed by atoms with Crippen molar-refractivity contribution < 1.29 is 4.79 Å². The summed E-state index contributed by atoms with van der Waals surface area (Å²) in [4.78, 5) is 11.9. The third kappa shape index (κ3) is 2.77. The number of nitrogen functional groups attached to an aromatic ring is 1. The molecule has 2 aromatic rings. The third-order valence-electron chi connectivity index (χ3n) is 2.30. The molecule has 0 aliphatic heterocycles. The van der Waals surface area contributed by atoms with Gasteiger partial charge in [-0.05, 0) is 30.3 Å². The van der Waals surface area contributed by atoms with Crippen LogP contribution < -0.4 is 11.1 Å². The molecule has 0 saturated carbocycles. The highest BCUT2D eigenvalue weighted by atomic mass is 35.5. The Morgan fingerprint density at radius 3 is 2.59 bits per heavy atom. The summed E-state index contributed by atoms with van der Waals surface area (Å²) in [6.07, 6.45) is 0. The largest absolute Gasteiger partial charge is 0.397 e. The number of halogens is 1. The molecule has 0 unspecified atom stereocenters. The zero-order valence-corrected chi connectivity index (χ0v) is 9.74. The molecule has 17 heavy (non-hydrogen) atoms. The molecule has 0 bridgehead atoms. The lowest BCUT2D eigenvalue weighted by Crippen LogP contribution is -2.12. The summed E-state index contributed by atoms with van der Waals surface area (Å²) < 4.78 is 0. The summed E-state index contributed by atoms with van der Waals surface area (Å²) in [5.74, 6) is -0.231. The maximum atomic E-state index is 11.9. The maximum absolute atomic E-state index is 11.9. The highest BCUT2D eigenvalue weighted by Crippen LogP contribution is 2.18. The molecule has 0 radical (unpaired) electrons. The minimum Gasteiger partial charge on any atom is -0.397 e. The molecule has 2 aromatic carbocycles. The number of benzene rings is 2. The minimum atomic E-state index is -0.231. The van der Waals surface area contributed by atoms with Crippen molar-refractivity contribution in [2.75, 3.05) is 11.1 Å². The fourth-order valence-electron chi connectivity index (χ4n) is 1.44. The van der Waals surface area contributed by atoms with Crippen LogP contribution in [0.5, 0.6) is 0 Å². The minimum absolute atomic E-state index is 0.231. The second kappa shape index (κ2) is 4.89. The van der Waals surface area contributed by atoms with Crippen LogP contribution >= 0.6 is 11.6 Å². The molecule has 1 amide bonds. The Hall–Kier alpha value is -2.00. The topological polar surface area (TPSA) is 55.1 Å². The van der Waals surface area contributed by atoms with Crippen molar-refractivity contribution in [2.24, 2.45) is 0 Å². The fourth-order valence-corrected chi connectivity index (χ4v) is 1.63. The summed E-state index contributed by atoms with van der Waals surface area (Å²) >= 11 is 5.82. The van der Waals surface area contributed by atoms with Gasteiger partial charge in [0.25, 0.3) is 5.91 Å². The van der Waals surface area contributed by atoms with Gasteiger partial charge in [0, 0.05) is 10.6 Å². The van der Waals surface area contributed by atoms with Crippen LogP contribution in [0, 0.1) is 0 Å². The number of hydrogen-bond donors (Lipinski definition) is 2. The molecule has 0 atom stereocenters. The number of carbonyl (C=O) groups is 1. The molecule has 0 aliphatic carbocycles. The summed E-state index contributed by atoms with van der Waals surface area (Å²) in [5.41, 5.74) is 7.36. The molecule has 2 rings (SSSR count). The van der Waals surface area contributed by atoms with Crippen LogP contribution in [0.4, 0.5) is 11.4 Å². The molecule has 3 N–H and O–H groups in total. The number of hydrogen-bond acceptors (Lipinski definition) is 2. The van der Waals surface area contributed by atoms with E-state index in [1.165, 1.54) is 0 Å². The van der Waals surface area contributed by atoms with Crippen LogP contribution in [0.25, 0.3) is 0 Å². The number of anilines is 2. The smallest absolute Gasteiger partial charge is 0.255 e. The van der Waals surface area contributed by atoms with E-state index < -0.39 is 0 Å². The first-order chi connectivity index (χ1) is 8.16. The van der Waals surface area contributed by atoms with Gasteiger partial charge in [-0.3, -0.25) is 4.79 Å². The molecule has 0 heterocycles. The van der Waals surface area contributed by atoms with Gasteiger partial charge in [0.1, 0.15) is 0 Å². The van der Waals surface area contributed by atoms with Gasteiger partial charge < -0.3 is 11.1 Å². The van der Waals surface area contributed by atoms with Crippen LogP contribution in [0.3, 0.4) is 0 Å². The van der Waals surface area contributed by atoms with Gasteiger partial charge >= 0.3 is 0 Å². The van der Waals surface area contributed by atoms with Gasteiger partial charge in [0.05, 0.1) is 11.4 Å². The highest BCUT2D eigenvalue weighted by Gasteiger charge is 2.07. The Bertz CT molecular complexity index is 555. The number of amides is 1. The van der Waals surface area contributed by atoms with E-state index in [9.17, 15) is 4.79 Å². The lowest BCUT2D eigenvalue weighted by atomic mass is 10.2. The van der Waals surface area contributed by atoms with Crippen LogP contribution in [0.15, 0.2) is 48.5 Å². The maximum Gasteiger partial charge on any atom is 0.255 e. The van der Waals surface area contributed by atoms with Crippen molar-refractivity contribution in [3.05, 3.63) is 59.1 Å². The normalized spacial score (nSPS) is 9.94. The molecule has 0 aliphatic rings. The Balaban J connectivity index is 2.20. The van der Waals surface area contributed by atoms with E-state index in [1.807, 2.05) is 12.1 Å². The van der Waals surface area contributed by atoms with Crippen molar-refractivity contribution in [2.45, 2.75) is 0 Å². The molecule has 86 valence electrons. The average molecular weight is 247 g/mol. The van der Waals surface area contributed by atoms with E-state index in [4.69, 9.17) is 17.3 Å². The van der Waals surface area contributed by atoms with Crippen LogP contribution in [0.2, 0.25) is 5.02 Å². The lowest BCUT2D eigenvalue weighted by Gasteiger charge is -2.07. The summed E-state index contributed by atoms with van der Waals surface area (Å²) in [6, 6.07) is 13.8. The molecule has 0 saturated heterocycles. The standard InChI is InChI=1S/C13H11ClN2O/c14-10-5-3-4-9(8-10)13(17)16-12-7-2-1-6-11(12)15/h1-8H,15H2,(H,16,17). The first-order valence-electron chi connectivity index (χ1n) is 5.08. The van der Waals surface area contributed by atoms with Crippen LogP contribution in [-0.2, 0) is 0 Å². The SMILES string of the molecule is Nc1ccccc1NC(=O)c1cccc(Cl)c1. The van der Waals surface area contributed by atoms with E-state index in [0.29, 0.717) is 22.0 Å². The van der Waals surface area contributed by atoms with Gasteiger partial charge in [0.15, 0.2) is 0 Å². The summed E-state index contributed by atoms with van der Waals surface area (Å²) in [6.45, 7) is 0. The Morgan fingerprint density at radius 2 is 1.88 bits per heavy atom. The van der Waals surface area contributed by atoms with Gasteiger partial charge in [-0.25, -0.2) is 0 Å². The molecule has 4 heteroatoms. The molecule has 0 fully saturated rings. The predicted octanol–water partition coefficient (Wildman–Crippen LogP) is 3.17. The molecule has 3 nitrogen and oxygen atoms in total. The van der Waals surface area contributed by atoms with E-state index in [0.717, 1.165) is 0 Å². The van der Waals surface area contributed by atoms with Crippen molar-refractivity contribution in [1.29, 1.82) is 0 Å². The van der Waals surface area contributed by atoms with Crippen molar-refractivity contribution in [3.8, 4) is 0 Å². The average Bonchev–Trinajstić information content (AvgIpc) is 2.32. The number of nitrogens with two attached hydrogens (primary N) is 1. The molecule has 0 spiro atoms. The van der Waals surface area contributed by atoms with E-state index in [1.54, 1.807) is 36.4 Å².